The van der Waals surface area contributed by atoms with E-state index >= 15 is 0 Å². The van der Waals surface area contributed by atoms with Gasteiger partial charge in [0.25, 0.3) is 0 Å². The number of pyridine rings is 1. The Bertz CT molecular complexity index is 549. The largest absolute Gasteiger partial charge is 0.344 e. The van der Waals surface area contributed by atoms with Crippen molar-refractivity contribution in [3.05, 3.63) is 29.6 Å². The summed E-state index contributed by atoms with van der Waals surface area (Å²) in [4.78, 5) is 30.4. The van der Waals surface area contributed by atoms with Crippen molar-refractivity contribution < 1.29 is 9.59 Å². The molecule has 21 heavy (non-hydrogen) atoms. The number of amides is 2. The Morgan fingerprint density at radius 2 is 2.10 bits per heavy atom. The molecule has 0 aliphatic carbocycles. The van der Waals surface area contributed by atoms with Crippen LogP contribution in [0.3, 0.4) is 0 Å². The number of rotatable bonds is 2. The van der Waals surface area contributed by atoms with Crippen LogP contribution >= 0.6 is 0 Å². The first-order valence-corrected chi connectivity index (χ1v) is 7.26. The zero-order valence-corrected chi connectivity index (χ0v) is 13.1. The first-order chi connectivity index (χ1) is 9.79. The molecule has 114 valence electrons. The standard InChI is InChI=1S/C16H23N3O2/c1-11-9-17-7-5-12(11)10-19-8-6-13(20)18-14(15(19)21)16(2,3)4/h5,7,9,14H,6,8,10H2,1-4H3,(H,18,20). The summed E-state index contributed by atoms with van der Waals surface area (Å²) in [5.74, 6) is -0.0678. The normalized spacial score (nSPS) is 20.2. The van der Waals surface area contributed by atoms with Crippen LogP contribution in [-0.2, 0) is 16.1 Å². The van der Waals surface area contributed by atoms with Gasteiger partial charge in [-0.2, -0.15) is 0 Å². The predicted molar refractivity (Wildman–Crippen MR) is 80.4 cm³/mol. The van der Waals surface area contributed by atoms with Crippen LogP contribution < -0.4 is 5.32 Å². The molecule has 0 saturated carbocycles. The lowest BCUT2D eigenvalue weighted by Crippen LogP contribution is -2.51. The number of hydrogen-bond donors (Lipinski definition) is 1. The number of nitrogens with zero attached hydrogens (tertiary/aromatic N) is 2. The highest BCUT2D eigenvalue weighted by atomic mass is 16.2. The highest BCUT2D eigenvalue weighted by Crippen LogP contribution is 2.24. The number of hydrogen-bond acceptors (Lipinski definition) is 3. The fourth-order valence-corrected chi connectivity index (χ4v) is 2.45. The van der Waals surface area contributed by atoms with E-state index in [0.717, 1.165) is 11.1 Å². The van der Waals surface area contributed by atoms with Crippen LogP contribution in [0.1, 0.15) is 38.3 Å². The summed E-state index contributed by atoms with van der Waals surface area (Å²) in [7, 11) is 0. The van der Waals surface area contributed by atoms with Gasteiger partial charge in [0.2, 0.25) is 11.8 Å². The van der Waals surface area contributed by atoms with Gasteiger partial charge in [-0.3, -0.25) is 14.6 Å². The summed E-state index contributed by atoms with van der Waals surface area (Å²) < 4.78 is 0. The second-order valence-electron chi connectivity index (χ2n) is 6.68. The Labute approximate surface area is 125 Å². The summed E-state index contributed by atoms with van der Waals surface area (Å²) in [6.45, 7) is 8.87. The third-order valence-electron chi connectivity index (χ3n) is 3.84. The predicted octanol–water partition coefficient (Wildman–Crippen LogP) is 1.65. The number of carbonyl (C=O) groups is 2. The maximum atomic E-state index is 12.7. The molecule has 2 amide bonds. The molecule has 5 nitrogen and oxygen atoms in total. The summed E-state index contributed by atoms with van der Waals surface area (Å²) in [6.07, 6.45) is 3.88. The van der Waals surface area contributed by atoms with Gasteiger partial charge in [0.1, 0.15) is 6.04 Å². The van der Waals surface area contributed by atoms with E-state index in [1.165, 1.54) is 0 Å². The van der Waals surface area contributed by atoms with E-state index in [4.69, 9.17) is 0 Å². The molecule has 1 unspecified atom stereocenters. The maximum Gasteiger partial charge on any atom is 0.246 e. The fraction of sp³-hybridized carbons (Fsp3) is 0.562. The molecular weight excluding hydrogens is 266 g/mol. The minimum atomic E-state index is -0.477. The first kappa shape index (κ1) is 15.5. The lowest BCUT2D eigenvalue weighted by atomic mass is 9.86. The van der Waals surface area contributed by atoms with Gasteiger partial charge in [0.15, 0.2) is 0 Å². The van der Waals surface area contributed by atoms with E-state index in [2.05, 4.69) is 10.3 Å². The maximum absolute atomic E-state index is 12.7. The molecule has 1 aromatic rings. The third kappa shape index (κ3) is 3.60. The Morgan fingerprint density at radius 1 is 1.38 bits per heavy atom. The van der Waals surface area contributed by atoms with Crippen molar-refractivity contribution in [3.8, 4) is 0 Å². The Kier molecular flexibility index (Phi) is 4.30. The highest BCUT2D eigenvalue weighted by molar-refractivity contribution is 5.90. The van der Waals surface area contributed by atoms with Crippen molar-refractivity contribution in [2.75, 3.05) is 6.54 Å². The average molecular weight is 289 g/mol. The minimum absolute atomic E-state index is 0.00966. The molecule has 2 heterocycles. The van der Waals surface area contributed by atoms with Gasteiger partial charge in [-0.25, -0.2) is 0 Å². The molecule has 1 aromatic heterocycles. The van der Waals surface area contributed by atoms with E-state index in [0.29, 0.717) is 19.5 Å². The van der Waals surface area contributed by atoms with Gasteiger partial charge in [-0.15, -0.1) is 0 Å². The minimum Gasteiger partial charge on any atom is -0.344 e. The van der Waals surface area contributed by atoms with Crippen LogP contribution in [-0.4, -0.2) is 34.3 Å². The number of aromatic nitrogens is 1. The topological polar surface area (TPSA) is 62.3 Å². The van der Waals surface area contributed by atoms with Crippen LogP contribution in [0.2, 0.25) is 0 Å². The Hall–Kier alpha value is -1.91. The molecule has 0 aromatic carbocycles. The van der Waals surface area contributed by atoms with E-state index < -0.39 is 6.04 Å². The molecule has 1 N–H and O–H groups in total. The number of nitrogens with one attached hydrogen (secondary N) is 1. The number of carbonyl (C=O) groups excluding carboxylic acids is 2. The van der Waals surface area contributed by atoms with E-state index in [9.17, 15) is 9.59 Å². The second kappa shape index (κ2) is 5.84. The van der Waals surface area contributed by atoms with Gasteiger partial charge in [-0.1, -0.05) is 20.8 Å². The van der Waals surface area contributed by atoms with Crippen molar-refractivity contribution in [2.24, 2.45) is 5.41 Å². The Morgan fingerprint density at radius 3 is 2.71 bits per heavy atom. The van der Waals surface area contributed by atoms with Crippen LogP contribution in [0.25, 0.3) is 0 Å². The van der Waals surface area contributed by atoms with Gasteiger partial charge in [0, 0.05) is 31.9 Å². The molecule has 0 radical (unpaired) electrons. The summed E-state index contributed by atoms with van der Waals surface area (Å²) in [5.41, 5.74) is 1.82. The summed E-state index contributed by atoms with van der Waals surface area (Å²) >= 11 is 0. The average Bonchev–Trinajstić information content (AvgIpc) is 2.53. The van der Waals surface area contributed by atoms with Crippen molar-refractivity contribution in [2.45, 2.75) is 46.7 Å². The fourth-order valence-electron chi connectivity index (χ4n) is 2.45. The monoisotopic (exact) mass is 289 g/mol. The van der Waals surface area contributed by atoms with Crippen molar-refractivity contribution in [3.63, 3.8) is 0 Å². The van der Waals surface area contributed by atoms with Crippen LogP contribution in [0.4, 0.5) is 0 Å². The SMILES string of the molecule is Cc1cnccc1CN1CCC(=O)NC(C(C)(C)C)C1=O. The van der Waals surface area contributed by atoms with Gasteiger partial charge in [0.05, 0.1) is 0 Å². The quantitative estimate of drug-likeness (QED) is 0.900. The zero-order valence-electron chi connectivity index (χ0n) is 13.1. The molecule has 1 saturated heterocycles. The zero-order chi connectivity index (χ0) is 15.6. The van der Waals surface area contributed by atoms with Gasteiger partial charge >= 0.3 is 0 Å². The Balaban J connectivity index is 2.24. The van der Waals surface area contributed by atoms with Crippen LogP contribution in [0.5, 0.6) is 0 Å². The first-order valence-electron chi connectivity index (χ1n) is 7.26. The lowest BCUT2D eigenvalue weighted by molar-refractivity contribution is -0.136. The van der Waals surface area contributed by atoms with E-state index in [1.807, 2.05) is 33.8 Å². The second-order valence-corrected chi connectivity index (χ2v) is 6.68. The highest BCUT2D eigenvalue weighted by Gasteiger charge is 2.37. The van der Waals surface area contributed by atoms with Crippen LogP contribution in [0, 0.1) is 12.3 Å². The lowest BCUT2D eigenvalue weighted by Gasteiger charge is -2.32. The molecular formula is C16H23N3O2. The molecule has 1 atom stereocenters. The smallest absolute Gasteiger partial charge is 0.246 e. The van der Waals surface area contributed by atoms with Crippen molar-refractivity contribution in [1.82, 2.24) is 15.2 Å². The van der Waals surface area contributed by atoms with Gasteiger partial charge < -0.3 is 10.2 Å². The molecule has 0 bridgehead atoms. The third-order valence-corrected chi connectivity index (χ3v) is 3.84. The summed E-state index contributed by atoms with van der Waals surface area (Å²) in [6, 6.07) is 1.45. The molecule has 1 fully saturated rings. The van der Waals surface area contributed by atoms with E-state index in [1.54, 1.807) is 17.3 Å². The van der Waals surface area contributed by atoms with Crippen molar-refractivity contribution in [1.29, 1.82) is 0 Å². The molecule has 5 heteroatoms. The van der Waals surface area contributed by atoms with Crippen LogP contribution in [0.15, 0.2) is 18.5 Å². The van der Waals surface area contributed by atoms with E-state index in [-0.39, 0.29) is 17.2 Å². The van der Waals surface area contributed by atoms with Gasteiger partial charge in [-0.05, 0) is 29.5 Å². The molecule has 0 spiro atoms. The van der Waals surface area contributed by atoms with Crippen molar-refractivity contribution >= 4 is 11.8 Å². The molecule has 2 rings (SSSR count). The number of aryl methyl sites for hydroxylation is 1. The molecule has 1 aliphatic heterocycles. The molecule has 1 aliphatic rings. The summed E-state index contributed by atoms with van der Waals surface area (Å²) in [5, 5.41) is 2.86.